The van der Waals surface area contributed by atoms with Crippen molar-refractivity contribution in [1.82, 2.24) is 4.98 Å². The van der Waals surface area contributed by atoms with E-state index in [1.165, 1.54) is 0 Å². The van der Waals surface area contributed by atoms with Crippen molar-refractivity contribution in [3.63, 3.8) is 0 Å². The van der Waals surface area contributed by atoms with Crippen LogP contribution in [0.1, 0.15) is 17.2 Å². The molecule has 1 unspecified atom stereocenters. The average molecular weight is 346 g/mol. The van der Waals surface area contributed by atoms with E-state index in [1.807, 2.05) is 18.2 Å². The number of halogens is 3. The van der Waals surface area contributed by atoms with Crippen molar-refractivity contribution in [2.75, 3.05) is 0 Å². The first-order chi connectivity index (χ1) is 8.54. The molecule has 2 rings (SSSR count). The van der Waals surface area contributed by atoms with E-state index in [0.29, 0.717) is 16.5 Å². The van der Waals surface area contributed by atoms with E-state index in [1.54, 1.807) is 18.5 Å². The monoisotopic (exact) mass is 344 g/mol. The SMILES string of the molecule is NC(Cc1cncc(Br)c1)c1cc(Cl)cc(Cl)c1. The van der Waals surface area contributed by atoms with Crippen molar-refractivity contribution in [3.05, 3.63) is 62.3 Å². The van der Waals surface area contributed by atoms with Gasteiger partial charge in [-0.2, -0.15) is 0 Å². The highest BCUT2D eigenvalue weighted by molar-refractivity contribution is 9.10. The molecule has 0 fully saturated rings. The Hall–Kier alpha value is -0.610. The summed E-state index contributed by atoms with van der Waals surface area (Å²) in [6, 6.07) is 7.21. The highest BCUT2D eigenvalue weighted by Gasteiger charge is 2.09. The number of aromatic nitrogens is 1. The molecule has 18 heavy (non-hydrogen) atoms. The Kier molecular flexibility index (Phi) is 4.62. The Labute approximate surface area is 124 Å². The van der Waals surface area contributed by atoms with E-state index < -0.39 is 0 Å². The van der Waals surface area contributed by atoms with Crippen molar-refractivity contribution >= 4 is 39.1 Å². The van der Waals surface area contributed by atoms with Gasteiger partial charge in [0, 0.05) is 33.0 Å². The third-order valence-electron chi connectivity index (χ3n) is 2.53. The first-order valence-electron chi connectivity index (χ1n) is 5.35. The zero-order valence-corrected chi connectivity index (χ0v) is 12.5. The molecule has 0 aliphatic heterocycles. The number of hydrogen-bond donors (Lipinski definition) is 1. The van der Waals surface area contributed by atoms with Crippen LogP contribution in [0.2, 0.25) is 10.0 Å². The second-order valence-electron chi connectivity index (χ2n) is 4.02. The summed E-state index contributed by atoms with van der Waals surface area (Å²) in [6.45, 7) is 0. The van der Waals surface area contributed by atoms with Gasteiger partial charge in [0.25, 0.3) is 0 Å². The van der Waals surface area contributed by atoms with Crippen molar-refractivity contribution in [2.45, 2.75) is 12.5 Å². The smallest absolute Gasteiger partial charge is 0.0424 e. The molecule has 1 atom stereocenters. The molecule has 1 aromatic carbocycles. The summed E-state index contributed by atoms with van der Waals surface area (Å²) < 4.78 is 0.941. The Bertz CT molecular complexity index is 540. The number of nitrogens with zero attached hydrogens (tertiary/aromatic N) is 1. The van der Waals surface area contributed by atoms with E-state index in [-0.39, 0.29) is 6.04 Å². The first-order valence-corrected chi connectivity index (χ1v) is 6.90. The maximum atomic E-state index is 6.15. The molecule has 5 heteroatoms. The van der Waals surface area contributed by atoms with Crippen LogP contribution in [0.4, 0.5) is 0 Å². The third kappa shape index (κ3) is 3.69. The van der Waals surface area contributed by atoms with Gasteiger partial charge < -0.3 is 5.73 Å². The molecule has 1 heterocycles. The first kappa shape index (κ1) is 13.8. The predicted octanol–water partition coefficient (Wildman–Crippen LogP) is 4.39. The summed E-state index contributed by atoms with van der Waals surface area (Å²) in [6.07, 6.45) is 4.23. The van der Waals surface area contributed by atoms with Crippen molar-refractivity contribution < 1.29 is 0 Å². The maximum Gasteiger partial charge on any atom is 0.0424 e. The molecular weight excluding hydrogens is 335 g/mol. The van der Waals surface area contributed by atoms with E-state index in [0.717, 1.165) is 15.6 Å². The summed E-state index contributed by atoms with van der Waals surface area (Å²) in [5.41, 5.74) is 8.14. The fourth-order valence-corrected chi connectivity index (χ4v) is 2.68. The van der Waals surface area contributed by atoms with Gasteiger partial charge in [-0.15, -0.1) is 0 Å². The molecule has 0 radical (unpaired) electrons. The topological polar surface area (TPSA) is 38.9 Å². The third-order valence-corrected chi connectivity index (χ3v) is 3.40. The molecule has 94 valence electrons. The van der Waals surface area contributed by atoms with Crippen LogP contribution in [-0.2, 0) is 6.42 Å². The molecule has 0 aliphatic carbocycles. The van der Waals surface area contributed by atoms with Crippen LogP contribution < -0.4 is 5.73 Å². The van der Waals surface area contributed by atoms with Crippen LogP contribution in [0.15, 0.2) is 41.1 Å². The lowest BCUT2D eigenvalue weighted by atomic mass is 10.0. The number of hydrogen-bond acceptors (Lipinski definition) is 2. The van der Waals surface area contributed by atoms with E-state index >= 15 is 0 Å². The Balaban J connectivity index is 2.19. The van der Waals surface area contributed by atoms with Gasteiger partial charge in [-0.1, -0.05) is 23.2 Å². The van der Waals surface area contributed by atoms with E-state index in [2.05, 4.69) is 20.9 Å². The Morgan fingerprint density at radius 1 is 1.11 bits per heavy atom. The van der Waals surface area contributed by atoms with Crippen LogP contribution in [0.3, 0.4) is 0 Å². The van der Waals surface area contributed by atoms with Crippen molar-refractivity contribution in [2.24, 2.45) is 5.73 Å². The fraction of sp³-hybridized carbons (Fsp3) is 0.154. The van der Waals surface area contributed by atoms with E-state index in [4.69, 9.17) is 28.9 Å². The summed E-state index contributed by atoms with van der Waals surface area (Å²) >= 11 is 15.3. The molecule has 0 amide bonds. The molecule has 2 aromatic rings. The standard InChI is InChI=1S/C13H11BrCl2N2/c14-10-1-8(6-18-7-10)2-13(17)9-3-11(15)5-12(16)4-9/h1,3-7,13H,2,17H2. The predicted molar refractivity (Wildman–Crippen MR) is 79.0 cm³/mol. The Morgan fingerprint density at radius 2 is 1.78 bits per heavy atom. The van der Waals surface area contributed by atoms with Gasteiger partial charge in [0.15, 0.2) is 0 Å². The number of nitrogens with two attached hydrogens (primary N) is 1. The van der Waals surface area contributed by atoms with Gasteiger partial charge in [0.1, 0.15) is 0 Å². The molecular formula is C13H11BrCl2N2. The van der Waals surface area contributed by atoms with Crippen molar-refractivity contribution in [3.8, 4) is 0 Å². The minimum atomic E-state index is -0.155. The average Bonchev–Trinajstić information content (AvgIpc) is 2.27. The molecule has 2 N–H and O–H groups in total. The zero-order valence-electron chi connectivity index (χ0n) is 9.41. The summed E-state index contributed by atoms with van der Waals surface area (Å²) in [7, 11) is 0. The lowest BCUT2D eigenvalue weighted by Crippen LogP contribution is -2.13. The van der Waals surface area contributed by atoms with Crippen LogP contribution >= 0.6 is 39.1 Å². The normalized spacial score (nSPS) is 12.4. The lowest BCUT2D eigenvalue weighted by molar-refractivity contribution is 0.719. The quantitative estimate of drug-likeness (QED) is 0.895. The van der Waals surface area contributed by atoms with Gasteiger partial charge in [-0.05, 0) is 57.7 Å². The summed E-state index contributed by atoms with van der Waals surface area (Å²) in [5, 5.41) is 1.20. The van der Waals surface area contributed by atoms with Gasteiger partial charge in [-0.3, -0.25) is 4.98 Å². The largest absolute Gasteiger partial charge is 0.324 e. The minimum absolute atomic E-state index is 0.155. The fourth-order valence-electron chi connectivity index (χ4n) is 1.73. The molecule has 1 aromatic heterocycles. The molecule has 2 nitrogen and oxygen atoms in total. The number of rotatable bonds is 3. The van der Waals surface area contributed by atoms with Gasteiger partial charge in [0.05, 0.1) is 0 Å². The van der Waals surface area contributed by atoms with E-state index in [9.17, 15) is 0 Å². The molecule has 0 bridgehead atoms. The lowest BCUT2D eigenvalue weighted by Gasteiger charge is -2.13. The van der Waals surface area contributed by atoms with Crippen LogP contribution in [0.5, 0.6) is 0 Å². The minimum Gasteiger partial charge on any atom is -0.324 e. The molecule has 0 aliphatic rings. The summed E-state index contributed by atoms with van der Waals surface area (Å²) in [4.78, 5) is 4.11. The van der Waals surface area contributed by atoms with Crippen LogP contribution in [-0.4, -0.2) is 4.98 Å². The van der Waals surface area contributed by atoms with Crippen LogP contribution in [0.25, 0.3) is 0 Å². The Morgan fingerprint density at radius 3 is 2.39 bits per heavy atom. The number of pyridine rings is 1. The van der Waals surface area contributed by atoms with Crippen molar-refractivity contribution in [1.29, 1.82) is 0 Å². The maximum absolute atomic E-state index is 6.15. The highest BCUT2D eigenvalue weighted by Crippen LogP contribution is 2.24. The van der Waals surface area contributed by atoms with Gasteiger partial charge in [0.2, 0.25) is 0 Å². The molecule has 0 spiro atoms. The molecule has 0 saturated carbocycles. The number of benzene rings is 1. The van der Waals surface area contributed by atoms with Gasteiger partial charge in [-0.25, -0.2) is 0 Å². The molecule has 0 saturated heterocycles. The van der Waals surface area contributed by atoms with Gasteiger partial charge >= 0.3 is 0 Å². The second kappa shape index (κ2) is 6.02. The van der Waals surface area contributed by atoms with Crippen LogP contribution in [0, 0.1) is 0 Å². The zero-order chi connectivity index (χ0) is 13.1. The second-order valence-corrected chi connectivity index (χ2v) is 5.81. The highest BCUT2D eigenvalue weighted by atomic mass is 79.9. The summed E-state index contributed by atoms with van der Waals surface area (Å²) in [5.74, 6) is 0.